The van der Waals surface area contributed by atoms with Gasteiger partial charge in [-0.15, -0.1) is 0 Å². The molecule has 12 atom stereocenters. The van der Waals surface area contributed by atoms with Crippen molar-refractivity contribution >= 4 is 58.9 Å². The lowest BCUT2D eigenvalue weighted by molar-refractivity contribution is -0.176. The van der Waals surface area contributed by atoms with E-state index in [1.54, 1.807) is 0 Å². The highest BCUT2D eigenvalue weighted by Gasteiger charge is 2.44. The van der Waals surface area contributed by atoms with Crippen molar-refractivity contribution in [2.45, 2.75) is 206 Å². The Kier molecular flexibility index (Phi) is 22.3. The van der Waals surface area contributed by atoms with Crippen LogP contribution in [-0.4, -0.2) is 194 Å². The molecule has 4 amide bonds. The monoisotopic (exact) mass is 1170 g/mol. The van der Waals surface area contributed by atoms with Crippen molar-refractivity contribution in [1.82, 2.24) is 19.6 Å². The van der Waals surface area contributed by atoms with E-state index in [2.05, 4.69) is 9.80 Å². The molecule has 5 heterocycles. The molecule has 0 aromatic heterocycles. The molecule has 5 saturated heterocycles. The zero-order chi connectivity index (χ0) is 61.4. The van der Waals surface area contributed by atoms with Crippen molar-refractivity contribution in [1.29, 1.82) is 0 Å². The summed E-state index contributed by atoms with van der Waals surface area (Å²) in [5.41, 5.74) is 3.27. The van der Waals surface area contributed by atoms with Crippen LogP contribution in [0.25, 0.3) is 0 Å². The number of benzene rings is 2. The second kappa shape index (κ2) is 28.7. The Morgan fingerprint density at radius 2 is 0.631 bits per heavy atom. The Bertz CT molecular complexity index is 2410. The summed E-state index contributed by atoms with van der Waals surface area (Å²) in [5, 5.41) is 0. The van der Waals surface area contributed by atoms with Gasteiger partial charge in [-0.3, -0.25) is 19.2 Å². The third-order valence-electron chi connectivity index (χ3n) is 17.0. The van der Waals surface area contributed by atoms with E-state index in [1.807, 2.05) is 104 Å². The lowest BCUT2D eigenvalue weighted by atomic mass is 9.99. The topological polar surface area (TPSA) is 211 Å². The maximum Gasteiger partial charge on any atom is 0.329 e. The summed E-state index contributed by atoms with van der Waals surface area (Å²) < 4.78 is 36.5. The van der Waals surface area contributed by atoms with Crippen LogP contribution < -0.4 is 9.80 Å². The molecular weight excluding hydrogens is 1080 g/mol. The molecule has 5 fully saturated rings. The van der Waals surface area contributed by atoms with Crippen molar-refractivity contribution in [3.63, 3.8) is 0 Å². The van der Waals surface area contributed by atoms with Crippen LogP contribution in [0.2, 0.25) is 0 Å². The van der Waals surface area contributed by atoms with E-state index in [4.69, 9.17) is 28.4 Å². The van der Waals surface area contributed by atoms with E-state index in [0.717, 1.165) is 73.0 Å². The average Bonchev–Trinajstić information content (AvgIpc) is 4.16. The van der Waals surface area contributed by atoms with Gasteiger partial charge in [-0.05, 0) is 124 Å². The predicted octanol–water partition coefficient (Wildman–Crippen LogP) is 6.40. The first kappa shape index (κ1) is 65.3. The number of rotatable bonds is 14. The third kappa shape index (κ3) is 16.6. The van der Waals surface area contributed by atoms with E-state index in [9.17, 15) is 28.8 Å². The number of anilines is 2. The molecule has 2 aromatic carbocycles. The Morgan fingerprint density at radius 3 is 0.893 bits per heavy atom. The van der Waals surface area contributed by atoms with Crippen molar-refractivity contribution in [3.05, 3.63) is 59.7 Å². The van der Waals surface area contributed by atoms with Gasteiger partial charge in [0, 0.05) is 78.6 Å². The normalized spacial score (nSPS) is 29.5. The van der Waals surface area contributed by atoms with Crippen molar-refractivity contribution in [2.75, 3.05) is 64.2 Å². The number of likely N-dealkylation sites (N-methyl/N-ethyl adjacent to an activating group) is 4. The number of morpholine rings is 2. The molecule has 464 valence electrons. The van der Waals surface area contributed by atoms with Gasteiger partial charge in [-0.1, -0.05) is 79.7 Å². The number of esters is 4. The fraction of sp³-hybridized carbons (Fsp3) is 0.688. The second-order valence-corrected chi connectivity index (χ2v) is 25.9. The summed E-state index contributed by atoms with van der Waals surface area (Å²) in [6.45, 7) is 20.7. The minimum Gasteiger partial charge on any atom is -0.451 e. The van der Waals surface area contributed by atoms with Gasteiger partial charge in [0.05, 0.1) is 24.4 Å². The van der Waals surface area contributed by atoms with Gasteiger partial charge in [0.2, 0.25) is 0 Å². The van der Waals surface area contributed by atoms with Crippen molar-refractivity contribution in [3.8, 4) is 0 Å². The number of amides is 4. The summed E-state index contributed by atoms with van der Waals surface area (Å²) in [5.74, 6) is -7.23. The maximum absolute atomic E-state index is 15.1. The number of carbonyl (C=O) groups excluding carboxylic acids is 8. The van der Waals surface area contributed by atoms with Crippen LogP contribution in [0.1, 0.15) is 132 Å². The highest BCUT2D eigenvalue weighted by Crippen LogP contribution is 2.33. The van der Waals surface area contributed by atoms with Gasteiger partial charge in [0.1, 0.15) is 24.2 Å². The molecule has 20 heteroatoms. The molecule has 5 aliphatic heterocycles. The molecule has 4 unspecified atom stereocenters. The minimum absolute atomic E-state index is 0.0968. The Morgan fingerprint density at radius 1 is 0.381 bits per heavy atom. The zero-order valence-electron chi connectivity index (χ0n) is 52.2. The molecule has 0 saturated carbocycles. The predicted molar refractivity (Wildman–Crippen MR) is 315 cm³/mol. The molecule has 0 aliphatic carbocycles. The molecule has 0 spiro atoms. The number of cyclic esters (lactones) is 4. The largest absolute Gasteiger partial charge is 0.451 e. The lowest BCUT2D eigenvalue weighted by Crippen LogP contribution is -2.55. The van der Waals surface area contributed by atoms with Gasteiger partial charge in [0.25, 0.3) is 23.6 Å². The van der Waals surface area contributed by atoms with Crippen LogP contribution in [0.4, 0.5) is 11.4 Å². The van der Waals surface area contributed by atoms with E-state index in [1.165, 1.54) is 51.8 Å². The molecule has 0 N–H and O–H groups in total. The first-order valence-electron chi connectivity index (χ1n) is 30.5. The van der Waals surface area contributed by atoms with E-state index in [-0.39, 0.29) is 86.6 Å². The van der Waals surface area contributed by atoms with Gasteiger partial charge in [-0.2, -0.15) is 0 Å². The Labute approximate surface area is 497 Å². The van der Waals surface area contributed by atoms with Crippen LogP contribution in [-0.2, 0) is 79.6 Å². The van der Waals surface area contributed by atoms with Gasteiger partial charge in [-0.25, -0.2) is 19.2 Å². The third-order valence-corrected chi connectivity index (χ3v) is 17.0. The molecule has 7 rings (SSSR count). The standard InChI is InChI=1S/C64H94N6O14/c1-37(2)27-51-61(75)79-41(9)57(71)65(11)54(30-40(7)8)64(78)84-56(32-44-17-21-46(22-18-44)70-35-49-25-26-50(36-70)82-49)60(74)68(14)52(28-38(3)4)62(76)80-42(10)58(72)66(12)53(29-39(5)6)63(77)83-55(59(73)67(51)13)31-43-15-19-45(20-16-43)69-33-47-23-24-48(34-69)81-47/h15-22,37-42,47-56H,23-36H2,1-14H3/t41-,42-,47?,48?,49?,50?,51+,52+,53+,54+,55-,56-/m1/s1. The van der Waals surface area contributed by atoms with E-state index in [0.29, 0.717) is 11.1 Å². The fourth-order valence-electron chi connectivity index (χ4n) is 12.2. The Hall–Kier alpha value is -6.28. The lowest BCUT2D eigenvalue weighted by Gasteiger charge is -2.35. The summed E-state index contributed by atoms with van der Waals surface area (Å²) >= 11 is 0. The first-order chi connectivity index (χ1) is 39.7. The molecule has 5 aliphatic rings. The fourth-order valence-corrected chi connectivity index (χ4v) is 12.2. The molecule has 0 radical (unpaired) electrons. The SMILES string of the molecule is CC(C)C[C@H]1C(=O)O[C@H](Cc2ccc(N3CC4CCC(C3)O4)cc2)C(=O)N(C)[C@@H](CC(C)C)C(=O)O[C@H](C)C(=O)N(C)[C@@H](CC(C)C)C(=O)O[C@H](Cc2ccc(N3CC4CCC(C3)O4)cc2)C(=O)N(C)[C@@H](CC(C)C)C(=O)O[C@H](C)C(=O)N1C. The van der Waals surface area contributed by atoms with E-state index >= 15 is 9.59 Å². The maximum atomic E-state index is 15.1. The molecular formula is C64H94N6O14. The van der Waals surface area contributed by atoms with Crippen LogP contribution in [0.5, 0.6) is 0 Å². The first-order valence-corrected chi connectivity index (χ1v) is 30.5. The molecule has 2 aromatic rings. The van der Waals surface area contributed by atoms with Crippen molar-refractivity contribution < 1.29 is 66.8 Å². The van der Waals surface area contributed by atoms with Crippen molar-refractivity contribution in [2.24, 2.45) is 23.7 Å². The zero-order valence-corrected chi connectivity index (χ0v) is 52.2. The van der Waals surface area contributed by atoms with Crippen LogP contribution in [0, 0.1) is 23.7 Å². The number of hydrogen-bond donors (Lipinski definition) is 0. The summed E-state index contributed by atoms with van der Waals surface area (Å²) in [6.07, 6.45) is -1.14. The highest BCUT2D eigenvalue weighted by molar-refractivity contribution is 5.94. The molecule has 20 nitrogen and oxygen atoms in total. The minimum atomic E-state index is -1.51. The smallest absolute Gasteiger partial charge is 0.329 e. The van der Waals surface area contributed by atoms with E-state index < -0.39 is 96.1 Å². The van der Waals surface area contributed by atoms with Gasteiger partial charge >= 0.3 is 23.9 Å². The van der Waals surface area contributed by atoms with Crippen LogP contribution in [0.3, 0.4) is 0 Å². The molecule has 4 bridgehead atoms. The number of carbonyl (C=O) groups is 8. The van der Waals surface area contributed by atoms with Crippen LogP contribution >= 0.6 is 0 Å². The quantitative estimate of drug-likeness (QED) is 0.148. The summed E-state index contributed by atoms with van der Waals surface area (Å²) in [6, 6.07) is 10.2. The van der Waals surface area contributed by atoms with Gasteiger partial charge < -0.3 is 57.8 Å². The average molecular weight is 1170 g/mol. The van der Waals surface area contributed by atoms with Gasteiger partial charge in [0.15, 0.2) is 24.4 Å². The number of ether oxygens (including phenoxy) is 6. The Balaban J connectivity index is 1.24. The summed E-state index contributed by atoms with van der Waals surface area (Å²) in [4.78, 5) is 127. The van der Waals surface area contributed by atoms with Crippen LogP contribution in [0.15, 0.2) is 48.5 Å². The second-order valence-electron chi connectivity index (χ2n) is 25.9. The number of fused-ring (bicyclic) bond motifs is 4. The number of nitrogens with zero attached hydrogens (tertiary/aromatic N) is 6. The summed E-state index contributed by atoms with van der Waals surface area (Å²) in [7, 11) is 5.66. The molecule has 84 heavy (non-hydrogen) atoms. The highest BCUT2D eigenvalue weighted by atomic mass is 16.6. The number of hydrogen-bond acceptors (Lipinski definition) is 16.